The van der Waals surface area contributed by atoms with Gasteiger partial charge in [0.25, 0.3) is 0 Å². The molecule has 0 fully saturated rings. The molecule has 0 heterocycles. The third-order valence-corrected chi connectivity index (χ3v) is 0. The van der Waals surface area contributed by atoms with E-state index in [1.807, 2.05) is 0 Å². The first-order valence-corrected chi connectivity index (χ1v) is 5.72. The van der Waals surface area contributed by atoms with Crippen molar-refractivity contribution < 1.29 is 125 Å². The third kappa shape index (κ3) is 131. The van der Waals surface area contributed by atoms with E-state index in [9.17, 15) is 0 Å². The van der Waals surface area contributed by atoms with E-state index in [-0.39, 0.29) is 94.0 Å². The van der Waals surface area contributed by atoms with Gasteiger partial charge in [-0.1, -0.05) is 0 Å². The van der Waals surface area contributed by atoms with Gasteiger partial charge in [-0.25, -0.2) is 0 Å². The first-order valence-electron chi connectivity index (χ1n) is 0.698. The minimum Gasteiger partial charge on any atom is 0 e. The van der Waals surface area contributed by atoms with E-state index in [0.717, 1.165) is 0 Å². The Morgan fingerprint density at radius 1 is 1.00 bits per heavy atom. The van der Waals surface area contributed by atoms with Crippen LogP contribution in [-0.2, 0) is 44.6 Å². The molecular formula is H8Na2O6W2. The minimum atomic E-state index is -5.67. The second kappa shape index (κ2) is 17.8. The predicted octanol–water partition coefficient (Wildman–Crippen LogP) is -8.77. The molecule has 0 aromatic heterocycles. The Morgan fingerprint density at radius 2 is 1.00 bits per heavy atom. The van der Waals surface area contributed by atoms with E-state index in [2.05, 4.69) is 0 Å². The molecule has 58 valence electrons. The fourth-order valence-corrected chi connectivity index (χ4v) is 0. The van der Waals surface area contributed by atoms with Crippen molar-refractivity contribution in [2.75, 3.05) is 0 Å². The molecule has 0 aliphatic rings. The van der Waals surface area contributed by atoms with Crippen LogP contribution in [0.5, 0.6) is 0 Å². The summed E-state index contributed by atoms with van der Waals surface area (Å²) in [5.41, 5.74) is 0. The maximum atomic E-state index is 8.87. The van der Waals surface area contributed by atoms with Gasteiger partial charge in [0.15, 0.2) is 0 Å². The Balaban J connectivity index is -0.00000000381. The molecule has 0 aliphatic carbocycles. The molecule has 10 heteroatoms. The summed E-state index contributed by atoms with van der Waals surface area (Å²) in [6.45, 7) is 0. The molecule has 6 N–H and O–H groups in total. The van der Waals surface area contributed by atoms with E-state index >= 15 is 0 Å². The first-order chi connectivity index (χ1) is 2.00. The molecule has 10 heavy (non-hydrogen) atoms. The maximum Gasteiger partial charge on any atom is 0 e. The summed E-state index contributed by atoms with van der Waals surface area (Å²) in [5, 5.41) is 0. The average molecular weight is 518 g/mol. The monoisotopic (exact) mass is 518 g/mol. The Morgan fingerprint density at radius 3 is 1.00 bits per heavy atom. The van der Waals surface area contributed by atoms with Crippen LogP contribution in [0.4, 0.5) is 0 Å². The summed E-state index contributed by atoms with van der Waals surface area (Å²) in [6.07, 6.45) is 0. The Kier molecular flexibility index (Phi) is 68.5. The van der Waals surface area contributed by atoms with Gasteiger partial charge in [0, 0.05) is 21.1 Å². The van der Waals surface area contributed by atoms with Crippen LogP contribution in [0, 0.1) is 0 Å². The van der Waals surface area contributed by atoms with Gasteiger partial charge in [0.2, 0.25) is 0 Å². The molecule has 0 spiro atoms. The molecule has 0 amide bonds. The van der Waals surface area contributed by atoms with Gasteiger partial charge in [-0.15, -0.1) is 0 Å². The van der Waals surface area contributed by atoms with E-state index in [0.29, 0.717) is 0 Å². The first kappa shape index (κ1) is 38.5. The summed E-state index contributed by atoms with van der Waals surface area (Å²) < 4.78 is 32.1. The number of hydrogen-bond acceptors (Lipinski definition) is 2. The van der Waals surface area contributed by atoms with Crippen molar-refractivity contribution >= 4 is 0 Å². The fraction of sp³-hybridized carbons (Fsp3) is 0. The van der Waals surface area contributed by atoms with E-state index in [4.69, 9.17) is 14.3 Å². The number of hydrogen-bond donors (Lipinski definition) is 2. The van der Waals surface area contributed by atoms with Gasteiger partial charge in [0.05, 0.1) is 0 Å². The van der Waals surface area contributed by atoms with Crippen molar-refractivity contribution in [3.05, 3.63) is 0 Å². The van der Waals surface area contributed by atoms with Gasteiger partial charge in [0.1, 0.15) is 0 Å². The largest absolute Gasteiger partial charge is 0 e. The van der Waals surface area contributed by atoms with Crippen molar-refractivity contribution in [1.82, 2.24) is 0 Å². The molecule has 6 nitrogen and oxygen atoms in total. The molecule has 0 saturated carbocycles. The Labute approximate surface area is 123 Å². The molecule has 0 atom stereocenters. The molecule has 0 aromatic rings. The molecule has 0 aliphatic heterocycles. The van der Waals surface area contributed by atoms with Crippen LogP contribution in [0.1, 0.15) is 2.85 Å². The molecular weight excluding hydrogens is 510 g/mol. The second-order valence-electron chi connectivity index (χ2n) is 0.448. The van der Waals surface area contributed by atoms with Crippen molar-refractivity contribution in [1.29, 1.82) is 0 Å². The zero-order chi connectivity index (χ0) is 4.50. The van der Waals surface area contributed by atoms with Gasteiger partial charge >= 0.3 is 90.2 Å². The van der Waals surface area contributed by atoms with Crippen LogP contribution in [0.25, 0.3) is 0 Å². The molecule has 0 radical (unpaired) electrons. The Hall–Kier alpha value is 2.82. The summed E-state index contributed by atoms with van der Waals surface area (Å²) in [4.78, 5) is 0. The van der Waals surface area contributed by atoms with Crippen molar-refractivity contribution in [2.24, 2.45) is 0 Å². The van der Waals surface area contributed by atoms with E-state index < -0.39 is 16.7 Å². The van der Waals surface area contributed by atoms with Crippen molar-refractivity contribution in [2.45, 2.75) is 0 Å². The van der Waals surface area contributed by atoms with Crippen LogP contribution < -0.4 is 59.1 Å². The summed E-state index contributed by atoms with van der Waals surface area (Å²) in [5.74, 6) is 0. The van der Waals surface area contributed by atoms with Crippen molar-refractivity contribution in [3.8, 4) is 0 Å². The third-order valence-electron chi connectivity index (χ3n) is 0. The molecule has 0 bridgehead atoms. The molecule has 0 aromatic carbocycles. The predicted molar refractivity (Wildman–Crippen MR) is 15.3 cm³/mol. The molecule has 0 saturated heterocycles. The average Bonchev–Trinajstić information content (AvgIpc) is 0.722. The van der Waals surface area contributed by atoms with E-state index in [1.165, 1.54) is 0 Å². The maximum absolute atomic E-state index is 8.87. The SMILES string of the molecule is O.O.[H-].[H-].[Na+].[Na+].[O]=[W](=[O])([OH])[OH].[W]. The summed E-state index contributed by atoms with van der Waals surface area (Å²) >= 11 is -5.67. The number of rotatable bonds is 0. The summed E-state index contributed by atoms with van der Waals surface area (Å²) in [7, 11) is 0. The van der Waals surface area contributed by atoms with E-state index in [1.54, 1.807) is 0 Å². The van der Waals surface area contributed by atoms with Gasteiger partial charge in [-0.05, 0) is 0 Å². The minimum absolute atomic E-state index is 0. The van der Waals surface area contributed by atoms with Gasteiger partial charge in [-0.2, -0.15) is 0 Å². The zero-order valence-electron chi connectivity index (χ0n) is 7.53. The van der Waals surface area contributed by atoms with Crippen LogP contribution >= 0.6 is 0 Å². The second-order valence-corrected chi connectivity index (χ2v) is 3.67. The normalized spacial score (nSPS) is 5.80. The van der Waals surface area contributed by atoms with Crippen LogP contribution in [0.3, 0.4) is 0 Å². The van der Waals surface area contributed by atoms with Gasteiger partial charge in [-0.3, -0.25) is 0 Å². The smallest absolute Gasteiger partial charge is 0 e. The topological polar surface area (TPSA) is 138 Å². The summed E-state index contributed by atoms with van der Waals surface area (Å²) in [6, 6.07) is 0. The van der Waals surface area contributed by atoms with Crippen LogP contribution in [-0.4, -0.2) is 18.5 Å². The van der Waals surface area contributed by atoms with Crippen LogP contribution in [0.2, 0.25) is 0 Å². The Bertz CT molecular complexity index is 105. The van der Waals surface area contributed by atoms with Crippen LogP contribution in [0.15, 0.2) is 0 Å². The van der Waals surface area contributed by atoms with Crippen molar-refractivity contribution in [3.63, 3.8) is 0 Å². The standard InChI is InChI=1S/2Na.4H2O.2O.2W.2H/h;;4*1H2;;;;;;/q2*+1;;;;;;;;+2;2*-1/p-2. The molecule has 0 unspecified atom stereocenters. The molecule has 0 rings (SSSR count). The fourth-order valence-electron chi connectivity index (χ4n) is 0. The zero-order valence-corrected chi connectivity index (χ0v) is 15.4. The quantitative estimate of drug-likeness (QED) is 0.308. The van der Waals surface area contributed by atoms with Gasteiger partial charge < -0.3 is 13.8 Å².